The second kappa shape index (κ2) is 8.02. The Morgan fingerprint density at radius 1 is 1.07 bits per heavy atom. The molecule has 0 aromatic heterocycles. The molecule has 3 rings (SSSR count). The molecule has 144 valence electrons. The summed E-state index contributed by atoms with van der Waals surface area (Å²) < 4.78 is 26.9. The molecule has 1 fully saturated rings. The lowest BCUT2D eigenvalue weighted by atomic mass is 9.93. The van der Waals surface area contributed by atoms with E-state index in [1.54, 1.807) is 24.3 Å². The van der Waals surface area contributed by atoms with Crippen molar-refractivity contribution in [2.45, 2.75) is 25.0 Å². The Hall–Kier alpha value is -2.51. The summed E-state index contributed by atoms with van der Waals surface area (Å²) in [4.78, 5) is 15.0. The van der Waals surface area contributed by atoms with Crippen LogP contribution in [0.4, 0.5) is 13.6 Å². The van der Waals surface area contributed by atoms with Gasteiger partial charge in [-0.05, 0) is 42.3 Å². The van der Waals surface area contributed by atoms with Crippen molar-refractivity contribution < 1.29 is 18.7 Å². The molecule has 1 aliphatic heterocycles. The highest BCUT2D eigenvalue weighted by Crippen LogP contribution is 2.33. The summed E-state index contributed by atoms with van der Waals surface area (Å²) in [5.74, 6) is -0.674. The minimum absolute atomic E-state index is 0.211. The molecule has 1 saturated heterocycles. The van der Waals surface area contributed by atoms with Crippen LogP contribution in [-0.4, -0.2) is 52.7 Å². The number of nitrogens with two attached hydrogens (primary N) is 1. The van der Waals surface area contributed by atoms with Crippen LogP contribution in [0.15, 0.2) is 48.5 Å². The third kappa shape index (κ3) is 4.09. The first-order valence-electron chi connectivity index (χ1n) is 8.87. The fourth-order valence-electron chi connectivity index (χ4n) is 3.72. The largest absolute Gasteiger partial charge is 0.465 e. The maximum Gasteiger partial charge on any atom is 0.407 e. The zero-order valence-corrected chi connectivity index (χ0v) is 15.1. The zero-order chi connectivity index (χ0) is 19.6. The van der Waals surface area contributed by atoms with Crippen molar-refractivity contribution in [1.29, 1.82) is 0 Å². The highest BCUT2D eigenvalue weighted by molar-refractivity contribution is 5.65. The Morgan fingerprint density at radius 3 is 1.96 bits per heavy atom. The molecule has 2 atom stereocenters. The lowest BCUT2D eigenvalue weighted by Gasteiger charge is -2.47. The number of hydrogen-bond donors (Lipinski definition) is 2. The maximum absolute atomic E-state index is 13.4. The van der Waals surface area contributed by atoms with Crippen molar-refractivity contribution in [1.82, 2.24) is 9.80 Å². The normalized spacial score (nSPS) is 20.9. The zero-order valence-electron chi connectivity index (χ0n) is 15.1. The standard InChI is InChI=1S/C20H23F2N3O2/c1-13-11-25(18(10-23)12-24(13)20(26)27)19(14-2-6-16(21)7-3-14)15-4-8-17(22)9-5-15/h2-9,13,18-19H,10-12,23H2,1H3,(H,26,27)/t13-,18+/m0/s1. The van der Waals surface area contributed by atoms with E-state index in [0.29, 0.717) is 6.54 Å². The number of carbonyl (C=O) groups is 1. The molecule has 1 heterocycles. The Balaban J connectivity index is 2.02. The molecule has 3 N–H and O–H groups in total. The van der Waals surface area contributed by atoms with Crippen LogP contribution in [-0.2, 0) is 0 Å². The summed E-state index contributed by atoms with van der Waals surface area (Å²) in [6.45, 7) is 2.87. The summed E-state index contributed by atoms with van der Waals surface area (Å²) in [6, 6.07) is 11.6. The number of carboxylic acid groups (broad SMARTS) is 1. The van der Waals surface area contributed by atoms with E-state index in [4.69, 9.17) is 5.73 Å². The van der Waals surface area contributed by atoms with E-state index >= 15 is 0 Å². The Labute approximate surface area is 157 Å². The monoisotopic (exact) mass is 375 g/mol. The summed E-state index contributed by atoms with van der Waals surface area (Å²) in [7, 11) is 0. The molecule has 7 heteroatoms. The second-order valence-electron chi connectivity index (χ2n) is 6.88. The van der Waals surface area contributed by atoms with E-state index in [9.17, 15) is 18.7 Å². The van der Waals surface area contributed by atoms with E-state index in [2.05, 4.69) is 4.90 Å². The molecule has 2 aromatic carbocycles. The van der Waals surface area contributed by atoms with Crippen molar-refractivity contribution in [2.75, 3.05) is 19.6 Å². The summed E-state index contributed by atoms with van der Waals surface area (Å²) in [6.07, 6.45) is -0.972. The third-order valence-corrected chi connectivity index (χ3v) is 5.10. The van der Waals surface area contributed by atoms with E-state index in [1.165, 1.54) is 29.2 Å². The topological polar surface area (TPSA) is 69.8 Å². The molecule has 0 saturated carbocycles. The number of rotatable bonds is 4. The molecule has 5 nitrogen and oxygen atoms in total. The first kappa shape index (κ1) is 19.3. The number of amides is 1. The number of halogens is 2. The molecule has 0 unspecified atom stereocenters. The van der Waals surface area contributed by atoms with Crippen LogP contribution < -0.4 is 5.73 Å². The van der Waals surface area contributed by atoms with Crippen LogP contribution in [0.5, 0.6) is 0 Å². The number of hydrogen-bond acceptors (Lipinski definition) is 3. The summed E-state index contributed by atoms with van der Waals surface area (Å²) >= 11 is 0. The smallest absolute Gasteiger partial charge is 0.407 e. The molecular weight excluding hydrogens is 352 g/mol. The van der Waals surface area contributed by atoms with Gasteiger partial charge < -0.3 is 15.7 Å². The van der Waals surface area contributed by atoms with Gasteiger partial charge >= 0.3 is 6.09 Å². The van der Waals surface area contributed by atoms with Crippen molar-refractivity contribution >= 4 is 6.09 Å². The van der Waals surface area contributed by atoms with Crippen molar-refractivity contribution in [3.8, 4) is 0 Å². The van der Waals surface area contributed by atoms with Crippen LogP contribution in [0.3, 0.4) is 0 Å². The van der Waals surface area contributed by atoms with Gasteiger partial charge in [-0.1, -0.05) is 24.3 Å². The Morgan fingerprint density at radius 2 is 1.56 bits per heavy atom. The summed E-state index contributed by atoms with van der Waals surface area (Å²) in [5.41, 5.74) is 7.65. The molecule has 1 amide bonds. The molecule has 0 spiro atoms. The lowest BCUT2D eigenvalue weighted by Crippen LogP contribution is -2.61. The first-order valence-corrected chi connectivity index (χ1v) is 8.87. The third-order valence-electron chi connectivity index (χ3n) is 5.10. The van der Waals surface area contributed by atoms with Gasteiger partial charge in [-0.25, -0.2) is 13.6 Å². The Bertz CT molecular complexity index is 737. The van der Waals surface area contributed by atoms with Gasteiger partial charge in [0.25, 0.3) is 0 Å². The quantitative estimate of drug-likeness (QED) is 0.862. The molecule has 1 aliphatic rings. The van der Waals surface area contributed by atoms with Gasteiger partial charge in [0.15, 0.2) is 0 Å². The van der Waals surface area contributed by atoms with Crippen LogP contribution in [0, 0.1) is 11.6 Å². The van der Waals surface area contributed by atoms with Crippen LogP contribution in [0.2, 0.25) is 0 Å². The minimum atomic E-state index is -0.972. The Kier molecular flexibility index (Phi) is 5.72. The molecule has 0 radical (unpaired) electrons. The van der Waals surface area contributed by atoms with Gasteiger partial charge in [-0.15, -0.1) is 0 Å². The SMILES string of the molecule is C[C@H]1CN(C(c2ccc(F)cc2)c2ccc(F)cc2)[C@H](CN)CN1C(=O)O. The average Bonchev–Trinajstić information content (AvgIpc) is 2.65. The highest BCUT2D eigenvalue weighted by atomic mass is 19.1. The first-order chi connectivity index (χ1) is 12.9. The van der Waals surface area contributed by atoms with Gasteiger partial charge in [0, 0.05) is 31.7 Å². The fraction of sp³-hybridized carbons (Fsp3) is 0.350. The number of benzene rings is 2. The highest BCUT2D eigenvalue weighted by Gasteiger charge is 2.38. The van der Waals surface area contributed by atoms with E-state index in [0.717, 1.165) is 11.1 Å². The minimum Gasteiger partial charge on any atom is -0.465 e. The molecule has 27 heavy (non-hydrogen) atoms. The van der Waals surface area contributed by atoms with Gasteiger partial charge in [0.05, 0.1) is 6.04 Å². The van der Waals surface area contributed by atoms with Crippen molar-refractivity contribution in [2.24, 2.45) is 5.73 Å². The number of nitrogens with zero attached hydrogens (tertiary/aromatic N) is 2. The molecular formula is C20H23F2N3O2. The molecule has 0 aliphatic carbocycles. The van der Waals surface area contributed by atoms with Gasteiger partial charge in [0.1, 0.15) is 11.6 Å². The molecule has 2 aromatic rings. The van der Waals surface area contributed by atoms with Crippen molar-refractivity contribution in [3.05, 3.63) is 71.3 Å². The fourth-order valence-corrected chi connectivity index (χ4v) is 3.72. The predicted octanol–water partition coefficient (Wildman–Crippen LogP) is 3.07. The van der Waals surface area contributed by atoms with E-state index in [1.807, 2.05) is 6.92 Å². The van der Waals surface area contributed by atoms with Gasteiger partial charge in [0.2, 0.25) is 0 Å². The summed E-state index contributed by atoms with van der Waals surface area (Å²) in [5, 5.41) is 9.43. The van der Waals surface area contributed by atoms with Crippen molar-refractivity contribution in [3.63, 3.8) is 0 Å². The van der Waals surface area contributed by atoms with Crippen LogP contribution >= 0.6 is 0 Å². The average molecular weight is 375 g/mol. The van der Waals surface area contributed by atoms with E-state index < -0.39 is 6.09 Å². The maximum atomic E-state index is 13.4. The van der Waals surface area contributed by atoms with Crippen LogP contribution in [0.1, 0.15) is 24.1 Å². The van der Waals surface area contributed by atoms with Crippen LogP contribution in [0.25, 0.3) is 0 Å². The molecule has 0 bridgehead atoms. The predicted molar refractivity (Wildman–Crippen MR) is 98.4 cm³/mol. The van der Waals surface area contributed by atoms with E-state index in [-0.39, 0.29) is 42.8 Å². The second-order valence-corrected chi connectivity index (χ2v) is 6.88. The van der Waals surface area contributed by atoms with Gasteiger partial charge in [-0.2, -0.15) is 0 Å². The lowest BCUT2D eigenvalue weighted by molar-refractivity contribution is 0.0245. The van der Waals surface area contributed by atoms with Gasteiger partial charge in [-0.3, -0.25) is 4.90 Å². The number of piperazine rings is 1.